The van der Waals surface area contributed by atoms with Crippen molar-refractivity contribution in [1.82, 2.24) is 8.96 Å². The maximum Gasteiger partial charge on any atom is 0.497 e. The van der Waals surface area contributed by atoms with Crippen LogP contribution in [0.15, 0.2) is 18.5 Å². The van der Waals surface area contributed by atoms with Gasteiger partial charge < -0.3 is 9.31 Å². The van der Waals surface area contributed by atoms with Gasteiger partial charge in [-0.15, -0.1) is 0 Å². The number of nitrogens with zero attached hydrogens (tertiary/aromatic N) is 2. The predicted octanol–water partition coefficient (Wildman–Crippen LogP) is 4.35. The molecular weight excluding hydrogens is 429 g/mol. The van der Waals surface area contributed by atoms with Gasteiger partial charge in [0.2, 0.25) is 0 Å². The van der Waals surface area contributed by atoms with E-state index in [2.05, 4.69) is 26.2 Å². The molecule has 0 unspecified atom stereocenters. The standard InChI is InChI=1S/C13H15BFIN2O2S.C2H6/c1-12(2)13(3,4)20-14(19-12)10-7-18(21-16)11-9(10)5-8(15)6-17-11;1-2/h5-7H,1-4H3;1-2H3. The third-order valence-corrected chi connectivity index (χ3v) is 5.89. The first-order chi connectivity index (χ1) is 10.7. The van der Waals surface area contributed by atoms with E-state index in [0.717, 1.165) is 10.8 Å². The van der Waals surface area contributed by atoms with E-state index in [-0.39, 0.29) is 5.82 Å². The van der Waals surface area contributed by atoms with Crippen molar-refractivity contribution in [3.8, 4) is 0 Å². The Kier molecular flexibility index (Phi) is 5.70. The van der Waals surface area contributed by atoms with Crippen LogP contribution in [0.25, 0.3) is 11.0 Å². The first kappa shape index (κ1) is 19.0. The summed E-state index contributed by atoms with van der Waals surface area (Å²) in [4.78, 5) is 4.17. The predicted molar refractivity (Wildman–Crippen MR) is 104 cm³/mol. The summed E-state index contributed by atoms with van der Waals surface area (Å²) in [6.07, 6.45) is 3.12. The Morgan fingerprint density at radius 2 is 1.78 bits per heavy atom. The summed E-state index contributed by atoms with van der Waals surface area (Å²) in [6, 6.07) is 1.48. The molecule has 3 rings (SSSR count). The van der Waals surface area contributed by atoms with Crippen molar-refractivity contribution in [3.63, 3.8) is 0 Å². The summed E-state index contributed by atoms with van der Waals surface area (Å²) in [7, 11) is 0.952. The summed E-state index contributed by atoms with van der Waals surface area (Å²) < 4.78 is 27.6. The molecule has 2 aromatic rings. The van der Waals surface area contributed by atoms with Gasteiger partial charge in [-0.05, 0) is 33.8 Å². The van der Waals surface area contributed by atoms with Crippen LogP contribution in [0.4, 0.5) is 4.39 Å². The number of rotatable bonds is 2. The zero-order valence-corrected chi connectivity index (χ0v) is 17.2. The van der Waals surface area contributed by atoms with Gasteiger partial charge in [-0.1, -0.05) is 13.8 Å². The highest BCUT2D eigenvalue weighted by molar-refractivity contribution is 14.2. The topological polar surface area (TPSA) is 36.3 Å². The number of pyridine rings is 1. The Bertz CT molecular complexity index is 692. The lowest BCUT2D eigenvalue weighted by atomic mass is 9.79. The molecule has 0 atom stereocenters. The van der Waals surface area contributed by atoms with E-state index in [4.69, 9.17) is 9.31 Å². The van der Waals surface area contributed by atoms with Crippen molar-refractivity contribution in [3.05, 3.63) is 24.3 Å². The van der Waals surface area contributed by atoms with Crippen molar-refractivity contribution in [1.29, 1.82) is 0 Å². The fourth-order valence-corrected chi connectivity index (χ4v) is 3.55. The van der Waals surface area contributed by atoms with E-state index in [0.29, 0.717) is 5.65 Å². The highest BCUT2D eigenvalue weighted by Crippen LogP contribution is 2.37. The van der Waals surface area contributed by atoms with Crippen LogP contribution in [-0.4, -0.2) is 27.3 Å². The summed E-state index contributed by atoms with van der Waals surface area (Å²) in [6.45, 7) is 12.0. The molecule has 1 saturated heterocycles. The van der Waals surface area contributed by atoms with Crippen LogP contribution < -0.4 is 5.46 Å². The summed E-state index contributed by atoms with van der Waals surface area (Å²) in [5.74, 6) is -0.364. The van der Waals surface area contributed by atoms with Crippen LogP contribution in [-0.2, 0) is 9.31 Å². The Morgan fingerprint density at radius 1 is 1.22 bits per heavy atom. The molecule has 0 aliphatic carbocycles. The molecule has 2 aromatic heterocycles. The van der Waals surface area contributed by atoms with E-state index in [1.165, 1.54) is 21.4 Å². The Balaban J connectivity index is 0.000000924. The molecule has 0 spiro atoms. The van der Waals surface area contributed by atoms with E-state index in [9.17, 15) is 4.39 Å². The lowest BCUT2D eigenvalue weighted by Gasteiger charge is -2.32. The molecule has 1 aliphatic heterocycles. The van der Waals surface area contributed by atoms with Gasteiger partial charge in [-0.25, -0.2) is 9.37 Å². The second-order valence-electron chi connectivity index (χ2n) is 6.09. The van der Waals surface area contributed by atoms with Gasteiger partial charge in [0.15, 0.2) is 0 Å². The maximum absolute atomic E-state index is 13.6. The highest BCUT2D eigenvalue weighted by atomic mass is 127. The maximum atomic E-state index is 13.6. The van der Waals surface area contributed by atoms with Crippen molar-refractivity contribution in [2.24, 2.45) is 0 Å². The zero-order chi connectivity index (χ0) is 17.4. The quantitative estimate of drug-likeness (QED) is 0.504. The summed E-state index contributed by atoms with van der Waals surface area (Å²) >= 11 is 2.16. The minimum absolute atomic E-state index is 0.364. The molecule has 23 heavy (non-hydrogen) atoms. The van der Waals surface area contributed by atoms with Gasteiger partial charge in [0.1, 0.15) is 11.5 Å². The fraction of sp³-hybridized carbons (Fsp3) is 0.533. The number of hydrogen-bond donors (Lipinski definition) is 0. The van der Waals surface area contributed by atoms with Crippen LogP contribution in [0, 0.1) is 5.82 Å². The van der Waals surface area contributed by atoms with Gasteiger partial charge in [-0.2, -0.15) is 0 Å². The normalized spacial score (nSPS) is 18.9. The first-order valence-corrected chi connectivity index (χ1v) is 10.9. The van der Waals surface area contributed by atoms with Crippen LogP contribution in [0.2, 0.25) is 0 Å². The Hall–Kier alpha value is -0.315. The average Bonchev–Trinajstić information content (AvgIpc) is 2.95. The van der Waals surface area contributed by atoms with E-state index < -0.39 is 18.3 Å². The molecule has 0 amide bonds. The molecule has 0 radical (unpaired) electrons. The van der Waals surface area contributed by atoms with Gasteiger partial charge in [0.05, 0.1) is 17.4 Å². The van der Waals surface area contributed by atoms with E-state index in [1.54, 1.807) is 0 Å². The summed E-state index contributed by atoms with van der Waals surface area (Å²) in [5.41, 5.74) is 0.662. The molecule has 0 aromatic carbocycles. The molecule has 0 bridgehead atoms. The number of hydrogen-bond acceptors (Lipinski definition) is 4. The van der Waals surface area contributed by atoms with E-state index >= 15 is 0 Å². The minimum Gasteiger partial charge on any atom is -0.399 e. The van der Waals surface area contributed by atoms with Crippen LogP contribution in [0.1, 0.15) is 41.5 Å². The Labute approximate surface area is 153 Å². The third-order valence-electron chi connectivity index (χ3n) is 4.19. The molecule has 8 heteroatoms. The SMILES string of the molecule is CC.CC1(C)OB(c2cn(SI)c3ncc(F)cc23)OC1(C)C. The molecular formula is C15H21BFIN2O2S. The van der Waals surface area contributed by atoms with Crippen molar-refractivity contribution in [2.45, 2.75) is 52.7 Å². The average molecular weight is 450 g/mol. The molecule has 126 valence electrons. The van der Waals surface area contributed by atoms with Crippen LogP contribution in [0.5, 0.6) is 0 Å². The monoisotopic (exact) mass is 450 g/mol. The second kappa shape index (κ2) is 6.89. The first-order valence-electron chi connectivity index (χ1n) is 7.56. The van der Waals surface area contributed by atoms with Crippen molar-refractivity contribution in [2.75, 3.05) is 0 Å². The molecule has 0 saturated carbocycles. The highest BCUT2D eigenvalue weighted by Gasteiger charge is 2.52. The third kappa shape index (κ3) is 3.40. The molecule has 4 nitrogen and oxygen atoms in total. The molecule has 0 N–H and O–H groups in total. The van der Waals surface area contributed by atoms with Gasteiger partial charge >= 0.3 is 7.12 Å². The second-order valence-corrected chi connectivity index (χ2v) is 7.81. The number of halogens is 2. The fourth-order valence-electron chi connectivity index (χ4n) is 2.29. The van der Waals surface area contributed by atoms with Crippen molar-refractivity contribution >= 4 is 53.9 Å². The smallest absolute Gasteiger partial charge is 0.399 e. The minimum atomic E-state index is -0.522. The molecule has 1 fully saturated rings. The van der Waals surface area contributed by atoms with Crippen LogP contribution >= 0.6 is 30.3 Å². The Morgan fingerprint density at radius 3 is 2.30 bits per heavy atom. The molecule has 3 heterocycles. The van der Waals surface area contributed by atoms with E-state index in [1.807, 2.05) is 51.7 Å². The van der Waals surface area contributed by atoms with Gasteiger partial charge in [0, 0.05) is 47.4 Å². The lowest BCUT2D eigenvalue weighted by molar-refractivity contribution is 0.00578. The van der Waals surface area contributed by atoms with Crippen LogP contribution in [0.3, 0.4) is 0 Å². The summed E-state index contributed by atoms with van der Waals surface area (Å²) in [5, 5.41) is 0.720. The zero-order valence-electron chi connectivity index (χ0n) is 14.2. The van der Waals surface area contributed by atoms with Gasteiger partial charge in [0.25, 0.3) is 0 Å². The van der Waals surface area contributed by atoms with Crippen molar-refractivity contribution < 1.29 is 13.7 Å². The lowest BCUT2D eigenvalue weighted by Crippen LogP contribution is -2.41. The molecule has 1 aliphatic rings. The number of fused-ring (bicyclic) bond motifs is 1. The number of aromatic nitrogens is 2. The van der Waals surface area contributed by atoms with Gasteiger partial charge in [-0.3, -0.25) is 3.97 Å². The largest absolute Gasteiger partial charge is 0.497 e.